The summed E-state index contributed by atoms with van der Waals surface area (Å²) >= 11 is 5.70. The normalized spacial score (nSPS) is 11.6. The molecule has 2 amide bonds. The summed E-state index contributed by atoms with van der Waals surface area (Å²) in [7, 11) is 1.52. The first-order chi connectivity index (χ1) is 12.9. The van der Waals surface area contributed by atoms with Crippen molar-refractivity contribution >= 4 is 34.8 Å². The molecular formula is C19H22ClFN3O3+. The summed E-state index contributed by atoms with van der Waals surface area (Å²) in [5.74, 6) is -0.692. The van der Waals surface area contributed by atoms with Gasteiger partial charge in [-0.2, -0.15) is 0 Å². The highest BCUT2D eigenvalue weighted by atomic mass is 35.5. The van der Waals surface area contributed by atoms with Crippen molar-refractivity contribution in [2.45, 2.75) is 6.92 Å². The van der Waals surface area contributed by atoms with Crippen molar-refractivity contribution in [3.05, 3.63) is 53.3 Å². The number of carbonyl (C=O) groups excluding carboxylic acids is 2. The fourth-order valence-electron chi connectivity index (χ4n) is 2.49. The lowest BCUT2D eigenvalue weighted by Crippen LogP contribution is -3.13. The summed E-state index contributed by atoms with van der Waals surface area (Å²) in [5.41, 5.74) is 0.617. The van der Waals surface area contributed by atoms with Crippen LogP contribution in [0.5, 0.6) is 5.75 Å². The summed E-state index contributed by atoms with van der Waals surface area (Å²) in [6.45, 7) is 2.53. The fraction of sp³-hybridized carbons (Fsp3) is 0.263. The van der Waals surface area contributed by atoms with Crippen LogP contribution in [-0.2, 0) is 9.59 Å². The summed E-state index contributed by atoms with van der Waals surface area (Å²) in [5, 5.41) is 5.52. The van der Waals surface area contributed by atoms with Crippen LogP contribution in [0.1, 0.15) is 6.92 Å². The minimum Gasteiger partial charge on any atom is -0.495 e. The fourth-order valence-corrected chi connectivity index (χ4v) is 2.65. The van der Waals surface area contributed by atoms with Crippen LogP contribution in [0.4, 0.5) is 15.8 Å². The summed E-state index contributed by atoms with van der Waals surface area (Å²) in [4.78, 5) is 25.2. The first-order valence-corrected chi connectivity index (χ1v) is 8.82. The minimum absolute atomic E-state index is 0.0257. The minimum atomic E-state index is -0.609. The molecule has 0 fully saturated rings. The van der Waals surface area contributed by atoms with Gasteiger partial charge < -0.3 is 20.3 Å². The molecular weight excluding hydrogens is 373 g/mol. The van der Waals surface area contributed by atoms with Crippen LogP contribution in [0, 0.1) is 5.82 Å². The lowest BCUT2D eigenvalue weighted by Gasteiger charge is -2.17. The molecule has 0 aromatic heterocycles. The molecule has 0 aliphatic carbocycles. The first-order valence-electron chi connectivity index (χ1n) is 8.44. The summed E-state index contributed by atoms with van der Waals surface area (Å²) < 4.78 is 19.0. The molecule has 0 bridgehead atoms. The maximum Gasteiger partial charge on any atom is 0.279 e. The van der Waals surface area contributed by atoms with Crippen molar-refractivity contribution in [1.82, 2.24) is 0 Å². The molecule has 2 rings (SSSR count). The zero-order chi connectivity index (χ0) is 19.8. The molecule has 0 saturated carbocycles. The Balaban J connectivity index is 1.92. The average Bonchev–Trinajstić information content (AvgIpc) is 2.64. The number of benzene rings is 2. The molecule has 2 aromatic carbocycles. The number of quaternary nitrogens is 1. The van der Waals surface area contributed by atoms with Gasteiger partial charge in [-0.3, -0.25) is 9.59 Å². The van der Waals surface area contributed by atoms with Gasteiger partial charge >= 0.3 is 0 Å². The lowest BCUT2D eigenvalue weighted by molar-refractivity contribution is -0.881. The number of rotatable bonds is 8. The number of nitrogens with one attached hydrogen (secondary N) is 3. The Morgan fingerprint density at radius 3 is 2.30 bits per heavy atom. The zero-order valence-corrected chi connectivity index (χ0v) is 15.9. The van der Waals surface area contributed by atoms with Gasteiger partial charge in [-0.1, -0.05) is 23.7 Å². The topological polar surface area (TPSA) is 71.9 Å². The third-order valence-electron chi connectivity index (χ3n) is 3.91. The van der Waals surface area contributed by atoms with Gasteiger partial charge in [0, 0.05) is 5.02 Å². The van der Waals surface area contributed by atoms with E-state index in [1.165, 1.54) is 19.2 Å². The van der Waals surface area contributed by atoms with E-state index in [2.05, 4.69) is 10.6 Å². The van der Waals surface area contributed by atoms with E-state index < -0.39 is 11.7 Å². The van der Waals surface area contributed by atoms with E-state index in [1.807, 2.05) is 6.92 Å². The molecule has 0 spiro atoms. The number of carbonyl (C=O) groups is 2. The van der Waals surface area contributed by atoms with Gasteiger partial charge in [0.05, 0.1) is 25.0 Å². The predicted molar refractivity (Wildman–Crippen MR) is 103 cm³/mol. The van der Waals surface area contributed by atoms with Crippen LogP contribution in [0.15, 0.2) is 42.5 Å². The quantitative estimate of drug-likeness (QED) is 0.641. The van der Waals surface area contributed by atoms with Crippen molar-refractivity contribution < 1.29 is 23.6 Å². The molecule has 6 nitrogen and oxygen atoms in total. The largest absolute Gasteiger partial charge is 0.495 e. The Morgan fingerprint density at radius 2 is 1.70 bits per heavy atom. The van der Waals surface area contributed by atoms with Gasteiger partial charge in [0.15, 0.2) is 13.1 Å². The van der Waals surface area contributed by atoms with E-state index in [9.17, 15) is 14.0 Å². The van der Waals surface area contributed by atoms with Crippen LogP contribution < -0.4 is 20.3 Å². The van der Waals surface area contributed by atoms with Gasteiger partial charge in [-0.15, -0.1) is 0 Å². The number of methoxy groups -OCH3 is 1. The van der Waals surface area contributed by atoms with Gasteiger partial charge in [0.2, 0.25) is 0 Å². The Hall–Kier alpha value is -2.64. The Bertz CT molecular complexity index is 817. The number of halogens is 2. The molecule has 1 unspecified atom stereocenters. The summed E-state index contributed by atoms with van der Waals surface area (Å²) in [6, 6.07) is 11.1. The Labute approximate surface area is 162 Å². The Kier molecular flexibility index (Phi) is 7.57. The van der Waals surface area contributed by atoms with E-state index in [4.69, 9.17) is 16.3 Å². The van der Waals surface area contributed by atoms with Crippen LogP contribution in [0.25, 0.3) is 0 Å². The highest BCUT2D eigenvalue weighted by Gasteiger charge is 2.18. The zero-order valence-electron chi connectivity index (χ0n) is 15.1. The van der Waals surface area contributed by atoms with E-state index in [0.717, 1.165) is 11.0 Å². The van der Waals surface area contributed by atoms with Crippen LogP contribution >= 0.6 is 11.6 Å². The second kappa shape index (κ2) is 9.89. The molecule has 0 aliphatic rings. The monoisotopic (exact) mass is 394 g/mol. The third-order valence-corrected chi connectivity index (χ3v) is 4.14. The molecule has 2 aromatic rings. The molecule has 27 heavy (non-hydrogen) atoms. The standard InChI is InChI=1S/C19H21ClFN3O3/c1-3-24(11-18(25)22-15-9-8-13(20)10-14(15)21)12-19(26)23-16-6-4-5-7-17(16)27-2/h4-10H,3,11-12H2,1-2H3,(H,22,25)(H,23,26)/p+1. The highest BCUT2D eigenvalue weighted by molar-refractivity contribution is 6.30. The van der Waals surface area contributed by atoms with Crippen molar-refractivity contribution in [3.8, 4) is 5.75 Å². The number of amides is 2. The molecule has 0 saturated heterocycles. The molecule has 8 heteroatoms. The molecule has 3 N–H and O–H groups in total. The Morgan fingerprint density at radius 1 is 1.07 bits per heavy atom. The molecule has 0 radical (unpaired) electrons. The number of hydrogen-bond donors (Lipinski definition) is 3. The van der Waals surface area contributed by atoms with Gasteiger partial charge in [-0.25, -0.2) is 4.39 Å². The first kappa shape index (κ1) is 20.7. The van der Waals surface area contributed by atoms with Gasteiger partial charge in [-0.05, 0) is 37.3 Å². The molecule has 0 aliphatic heterocycles. The van der Waals surface area contributed by atoms with Gasteiger partial charge in [0.25, 0.3) is 11.8 Å². The molecule has 1 atom stereocenters. The average molecular weight is 395 g/mol. The molecule has 144 valence electrons. The van der Waals surface area contributed by atoms with Crippen LogP contribution in [0.2, 0.25) is 5.02 Å². The van der Waals surface area contributed by atoms with Crippen molar-refractivity contribution in [2.75, 3.05) is 37.4 Å². The van der Waals surface area contributed by atoms with Crippen molar-refractivity contribution in [3.63, 3.8) is 0 Å². The SMILES string of the molecule is CC[NH+](CC(=O)Nc1ccc(Cl)cc1F)CC(=O)Nc1ccccc1OC. The number of likely N-dealkylation sites (N-methyl/N-ethyl adjacent to an activating group) is 1. The van der Waals surface area contributed by atoms with Crippen LogP contribution in [0.3, 0.4) is 0 Å². The van der Waals surface area contributed by atoms with Gasteiger partial charge in [0.1, 0.15) is 11.6 Å². The number of hydrogen-bond acceptors (Lipinski definition) is 3. The maximum atomic E-state index is 13.8. The van der Waals surface area contributed by atoms with E-state index in [0.29, 0.717) is 18.0 Å². The number of para-hydroxylation sites is 2. The van der Waals surface area contributed by atoms with Crippen molar-refractivity contribution in [1.29, 1.82) is 0 Å². The maximum absolute atomic E-state index is 13.8. The smallest absolute Gasteiger partial charge is 0.279 e. The second-order valence-electron chi connectivity index (χ2n) is 5.88. The second-order valence-corrected chi connectivity index (χ2v) is 6.31. The van der Waals surface area contributed by atoms with Crippen LogP contribution in [-0.4, -0.2) is 38.6 Å². The van der Waals surface area contributed by atoms with E-state index in [1.54, 1.807) is 24.3 Å². The van der Waals surface area contributed by atoms with E-state index >= 15 is 0 Å². The highest BCUT2D eigenvalue weighted by Crippen LogP contribution is 2.22. The summed E-state index contributed by atoms with van der Waals surface area (Å²) in [6.07, 6.45) is 0. The third kappa shape index (κ3) is 6.23. The number of ether oxygens (including phenoxy) is 1. The number of anilines is 2. The predicted octanol–water partition coefficient (Wildman–Crippen LogP) is 1.97. The molecule has 0 heterocycles. The lowest BCUT2D eigenvalue weighted by atomic mass is 10.3. The van der Waals surface area contributed by atoms with Crippen molar-refractivity contribution in [2.24, 2.45) is 0 Å². The van der Waals surface area contributed by atoms with E-state index in [-0.39, 0.29) is 29.7 Å².